The van der Waals surface area contributed by atoms with E-state index in [0.717, 1.165) is 36.8 Å². The van der Waals surface area contributed by atoms with Crippen LogP contribution in [0, 0.1) is 0 Å². The molecule has 0 radical (unpaired) electrons. The zero-order valence-electron chi connectivity index (χ0n) is 9.90. The number of amides is 1. The van der Waals surface area contributed by atoms with E-state index in [0.29, 0.717) is 13.1 Å². The average Bonchev–Trinajstić information content (AvgIpc) is 2.61. The first kappa shape index (κ1) is 12.3. The number of carbonyl (C=O) groups is 1. The summed E-state index contributed by atoms with van der Waals surface area (Å²) in [7, 11) is 0. The third kappa shape index (κ3) is 3.37. The number of anilines is 1. The summed E-state index contributed by atoms with van der Waals surface area (Å²) in [6, 6.07) is 0. The van der Waals surface area contributed by atoms with E-state index >= 15 is 0 Å². The Kier molecular flexibility index (Phi) is 4.27. The summed E-state index contributed by atoms with van der Waals surface area (Å²) in [5.41, 5.74) is 0.937. The van der Waals surface area contributed by atoms with E-state index in [1.807, 2.05) is 6.92 Å². The van der Waals surface area contributed by atoms with E-state index in [1.54, 1.807) is 0 Å². The smallest absolute Gasteiger partial charge is 0.234 e. The predicted molar refractivity (Wildman–Crippen MR) is 67.0 cm³/mol. The summed E-state index contributed by atoms with van der Waals surface area (Å²) in [4.78, 5) is 13.5. The number of hydrogen-bond acceptors (Lipinski definition) is 6. The van der Waals surface area contributed by atoms with Crippen molar-refractivity contribution in [3.8, 4) is 0 Å². The van der Waals surface area contributed by atoms with Gasteiger partial charge in [0.25, 0.3) is 0 Å². The lowest BCUT2D eigenvalue weighted by Gasteiger charge is -2.17. The van der Waals surface area contributed by atoms with E-state index in [1.165, 1.54) is 11.5 Å². The van der Waals surface area contributed by atoms with Crippen molar-refractivity contribution in [2.45, 2.75) is 19.9 Å². The number of hydrogen-bond donors (Lipinski definition) is 2. The summed E-state index contributed by atoms with van der Waals surface area (Å²) < 4.78 is 3.95. The van der Waals surface area contributed by atoms with Gasteiger partial charge in [0, 0.05) is 37.7 Å². The van der Waals surface area contributed by atoms with E-state index in [-0.39, 0.29) is 5.91 Å². The second-order valence-corrected chi connectivity index (χ2v) is 4.75. The largest absolute Gasteiger partial charge is 0.374 e. The highest BCUT2D eigenvalue weighted by molar-refractivity contribution is 7.10. The molecular weight excluding hydrogens is 238 g/mol. The molecule has 1 aromatic heterocycles. The predicted octanol–water partition coefficient (Wildman–Crippen LogP) is 0.292. The van der Waals surface area contributed by atoms with Crippen molar-refractivity contribution in [2.75, 3.05) is 31.5 Å². The van der Waals surface area contributed by atoms with E-state index < -0.39 is 0 Å². The van der Waals surface area contributed by atoms with E-state index in [2.05, 4.69) is 25.1 Å². The minimum absolute atomic E-state index is 0.0932. The molecule has 2 N–H and O–H groups in total. The third-order valence-corrected chi connectivity index (χ3v) is 3.33. The maximum absolute atomic E-state index is 11.4. The van der Waals surface area contributed by atoms with Crippen LogP contribution in [0.3, 0.4) is 0 Å². The molecule has 7 heteroatoms. The van der Waals surface area contributed by atoms with Crippen molar-refractivity contribution in [3.63, 3.8) is 0 Å². The highest BCUT2D eigenvalue weighted by Gasteiger charge is 2.17. The van der Waals surface area contributed by atoms with E-state index in [9.17, 15) is 4.79 Å². The van der Waals surface area contributed by atoms with Crippen molar-refractivity contribution in [3.05, 3.63) is 5.69 Å². The maximum atomic E-state index is 11.4. The Balaban J connectivity index is 1.98. The maximum Gasteiger partial charge on any atom is 0.234 e. The number of nitrogens with one attached hydrogen (secondary N) is 2. The average molecular weight is 255 g/mol. The fourth-order valence-corrected chi connectivity index (χ4v) is 2.46. The quantitative estimate of drug-likeness (QED) is 0.809. The van der Waals surface area contributed by atoms with Crippen LogP contribution in [0.25, 0.3) is 0 Å². The fraction of sp³-hybridized carbons (Fsp3) is 0.700. The zero-order chi connectivity index (χ0) is 12.1. The summed E-state index contributed by atoms with van der Waals surface area (Å²) in [5, 5.41) is 11.2. The lowest BCUT2D eigenvalue weighted by atomic mass is 10.3. The molecule has 0 aliphatic carbocycles. The van der Waals surface area contributed by atoms with Crippen LogP contribution < -0.4 is 10.6 Å². The number of rotatable bonds is 4. The summed E-state index contributed by atoms with van der Waals surface area (Å²) in [6.45, 7) is 5.72. The Hall–Kier alpha value is -1.21. The molecule has 1 saturated heterocycles. The van der Waals surface area contributed by atoms with Gasteiger partial charge in [-0.2, -0.15) is 0 Å². The molecule has 1 fully saturated rings. The molecule has 0 atom stereocenters. The van der Waals surface area contributed by atoms with Gasteiger partial charge in [-0.05, 0) is 13.3 Å². The van der Waals surface area contributed by atoms with Crippen molar-refractivity contribution in [2.24, 2.45) is 0 Å². The first-order valence-electron chi connectivity index (χ1n) is 5.83. The van der Waals surface area contributed by atoms with Crippen LogP contribution >= 0.6 is 11.5 Å². The van der Waals surface area contributed by atoms with Gasteiger partial charge in [0.2, 0.25) is 5.91 Å². The Morgan fingerprint density at radius 1 is 1.59 bits per heavy atom. The van der Waals surface area contributed by atoms with Gasteiger partial charge in [-0.15, -0.1) is 5.10 Å². The lowest BCUT2D eigenvalue weighted by molar-refractivity contribution is -0.121. The van der Waals surface area contributed by atoms with Crippen LogP contribution in [0.2, 0.25) is 0 Å². The molecule has 0 spiro atoms. The second kappa shape index (κ2) is 5.92. The van der Waals surface area contributed by atoms with Crippen LogP contribution in [0.15, 0.2) is 0 Å². The van der Waals surface area contributed by atoms with Gasteiger partial charge in [0.15, 0.2) is 0 Å². The lowest BCUT2D eigenvalue weighted by Crippen LogP contribution is -2.32. The van der Waals surface area contributed by atoms with Gasteiger partial charge in [0.1, 0.15) is 10.7 Å². The Morgan fingerprint density at radius 2 is 2.47 bits per heavy atom. The van der Waals surface area contributed by atoms with Gasteiger partial charge in [-0.1, -0.05) is 4.49 Å². The molecule has 1 aliphatic heterocycles. The Morgan fingerprint density at radius 3 is 3.29 bits per heavy atom. The van der Waals surface area contributed by atoms with Crippen LogP contribution in [0.4, 0.5) is 5.00 Å². The molecule has 6 nitrogen and oxygen atoms in total. The van der Waals surface area contributed by atoms with Crippen molar-refractivity contribution < 1.29 is 4.79 Å². The van der Waals surface area contributed by atoms with Gasteiger partial charge >= 0.3 is 0 Å². The molecule has 1 aliphatic rings. The van der Waals surface area contributed by atoms with Gasteiger partial charge in [-0.3, -0.25) is 9.69 Å². The highest BCUT2D eigenvalue weighted by Crippen LogP contribution is 2.19. The molecular formula is C10H17N5OS. The molecule has 17 heavy (non-hydrogen) atoms. The molecule has 0 bridgehead atoms. The first-order chi connectivity index (χ1) is 8.29. The highest BCUT2D eigenvalue weighted by atomic mass is 32.1. The SMILES string of the molecule is CCNc1snnc1CN1CCCNC(=O)C1. The Labute approximate surface area is 105 Å². The second-order valence-electron chi connectivity index (χ2n) is 3.99. The van der Waals surface area contributed by atoms with Gasteiger partial charge < -0.3 is 10.6 Å². The zero-order valence-corrected chi connectivity index (χ0v) is 10.7. The minimum atomic E-state index is 0.0932. The summed E-state index contributed by atoms with van der Waals surface area (Å²) in [6.07, 6.45) is 0.986. The van der Waals surface area contributed by atoms with Crippen LogP contribution in [0.1, 0.15) is 19.0 Å². The molecule has 1 aromatic rings. The summed E-state index contributed by atoms with van der Waals surface area (Å²) in [5.74, 6) is 0.0932. The molecule has 0 aromatic carbocycles. The minimum Gasteiger partial charge on any atom is -0.374 e. The normalized spacial score (nSPS) is 17.6. The van der Waals surface area contributed by atoms with Crippen LogP contribution in [-0.4, -0.2) is 46.6 Å². The van der Waals surface area contributed by atoms with E-state index in [4.69, 9.17) is 0 Å². The van der Waals surface area contributed by atoms with Gasteiger partial charge in [-0.25, -0.2) is 0 Å². The standard InChI is InChI=1S/C10H17N5OS/c1-2-11-10-8(13-14-17-10)6-15-5-3-4-12-9(16)7-15/h11H,2-7H2,1H3,(H,12,16). The molecule has 1 amide bonds. The monoisotopic (exact) mass is 255 g/mol. The van der Waals surface area contributed by atoms with Gasteiger partial charge in [0.05, 0.1) is 6.54 Å². The van der Waals surface area contributed by atoms with Crippen molar-refractivity contribution in [1.29, 1.82) is 0 Å². The molecule has 2 heterocycles. The molecule has 0 unspecified atom stereocenters. The fourth-order valence-electron chi connectivity index (χ4n) is 1.82. The van der Waals surface area contributed by atoms with Crippen LogP contribution in [-0.2, 0) is 11.3 Å². The first-order valence-corrected chi connectivity index (χ1v) is 6.61. The van der Waals surface area contributed by atoms with Crippen LogP contribution in [0.5, 0.6) is 0 Å². The Bertz CT molecular complexity index is 381. The van der Waals surface area contributed by atoms with Crippen molar-refractivity contribution >= 4 is 22.4 Å². The number of nitrogens with zero attached hydrogens (tertiary/aromatic N) is 3. The third-order valence-electron chi connectivity index (χ3n) is 2.61. The number of carbonyl (C=O) groups excluding carboxylic acids is 1. The summed E-state index contributed by atoms with van der Waals surface area (Å²) >= 11 is 1.37. The molecule has 2 rings (SSSR count). The van der Waals surface area contributed by atoms with Crippen molar-refractivity contribution in [1.82, 2.24) is 19.8 Å². The topological polar surface area (TPSA) is 70.2 Å². The molecule has 0 saturated carbocycles. The number of aromatic nitrogens is 2. The molecule has 94 valence electrons.